The van der Waals surface area contributed by atoms with Crippen LogP contribution in [-0.2, 0) is 21.2 Å². The van der Waals surface area contributed by atoms with Crippen LogP contribution in [0.3, 0.4) is 0 Å². The van der Waals surface area contributed by atoms with Crippen LogP contribution < -0.4 is 5.32 Å². The monoisotopic (exact) mass is 413 g/mol. The molecule has 26 heavy (non-hydrogen) atoms. The minimum atomic E-state index is -3.15. The first-order valence-electron chi connectivity index (χ1n) is 8.27. The molecule has 1 N–H and O–H groups in total. The van der Waals surface area contributed by atoms with E-state index in [-0.39, 0.29) is 18.4 Å². The second-order valence-corrected chi connectivity index (χ2v) is 9.55. The van der Waals surface area contributed by atoms with E-state index in [0.717, 1.165) is 10.6 Å². The van der Waals surface area contributed by atoms with Crippen LogP contribution in [0.4, 0.5) is 0 Å². The molecule has 0 radical (unpaired) electrons. The number of amides is 1. The van der Waals surface area contributed by atoms with Gasteiger partial charge in [0.05, 0.1) is 23.4 Å². The van der Waals surface area contributed by atoms with Crippen LogP contribution >= 0.6 is 22.9 Å². The molecule has 0 aliphatic carbocycles. The van der Waals surface area contributed by atoms with Crippen LogP contribution in [0, 0.1) is 0 Å². The number of sulfonamides is 1. The standard InChI is InChI=1S/C17H20ClN3O3S2/c1-26(23,24)21-8-6-12(7-9-21)19-16(22)10-13-11-25-17(20-13)14-4-2-3-5-15(14)18/h2-5,11-12H,6-10H2,1H3,(H,19,22). The van der Waals surface area contributed by atoms with Gasteiger partial charge in [0, 0.05) is 30.1 Å². The van der Waals surface area contributed by atoms with Crippen molar-refractivity contribution in [2.24, 2.45) is 0 Å². The summed E-state index contributed by atoms with van der Waals surface area (Å²) in [6, 6.07) is 7.48. The van der Waals surface area contributed by atoms with Crippen molar-refractivity contribution in [1.29, 1.82) is 0 Å². The summed E-state index contributed by atoms with van der Waals surface area (Å²) in [5.41, 5.74) is 1.56. The highest BCUT2D eigenvalue weighted by molar-refractivity contribution is 7.88. The molecule has 6 nitrogen and oxygen atoms in total. The van der Waals surface area contributed by atoms with Gasteiger partial charge < -0.3 is 5.32 Å². The number of halogens is 1. The van der Waals surface area contributed by atoms with E-state index in [0.29, 0.717) is 36.6 Å². The molecule has 0 saturated carbocycles. The van der Waals surface area contributed by atoms with Gasteiger partial charge in [0.1, 0.15) is 5.01 Å². The van der Waals surface area contributed by atoms with Gasteiger partial charge in [-0.3, -0.25) is 4.79 Å². The molecular formula is C17H20ClN3O3S2. The lowest BCUT2D eigenvalue weighted by molar-refractivity contribution is -0.121. The summed E-state index contributed by atoms with van der Waals surface area (Å²) >= 11 is 7.65. The first-order valence-corrected chi connectivity index (χ1v) is 11.4. The van der Waals surface area contributed by atoms with Crippen molar-refractivity contribution in [3.63, 3.8) is 0 Å². The number of thiazole rings is 1. The van der Waals surface area contributed by atoms with E-state index in [1.54, 1.807) is 0 Å². The van der Waals surface area contributed by atoms with Crippen molar-refractivity contribution in [3.05, 3.63) is 40.4 Å². The van der Waals surface area contributed by atoms with Gasteiger partial charge in [-0.25, -0.2) is 17.7 Å². The molecule has 1 aliphatic rings. The fourth-order valence-corrected chi connectivity index (χ4v) is 4.94. The summed E-state index contributed by atoms with van der Waals surface area (Å²) in [4.78, 5) is 16.8. The van der Waals surface area contributed by atoms with Gasteiger partial charge >= 0.3 is 0 Å². The van der Waals surface area contributed by atoms with E-state index < -0.39 is 10.0 Å². The Hall–Kier alpha value is -1.48. The fourth-order valence-electron chi connectivity index (χ4n) is 2.92. The molecule has 1 aliphatic heterocycles. The van der Waals surface area contributed by atoms with E-state index in [1.165, 1.54) is 21.9 Å². The van der Waals surface area contributed by atoms with Crippen molar-refractivity contribution < 1.29 is 13.2 Å². The average Bonchev–Trinajstić information content (AvgIpc) is 3.03. The van der Waals surface area contributed by atoms with E-state index in [4.69, 9.17) is 11.6 Å². The van der Waals surface area contributed by atoms with Gasteiger partial charge in [-0.05, 0) is 18.9 Å². The number of hydrogen-bond acceptors (Lipinski definition) is 5. The third-order valence-electron chi connectivity index (χ3n) is 4.29. The van der Waals surface area contributed by atoms with Crippen LogP contribution in [0.5, 0.6) is 0 Å². The number of aromatic nitrogens is 1. The predicted molar refractivity (Wildman–Crippen MR) is 104 cm³/mol. The molecule has 0 unspecified atom stereocenters. The van der Waals surface area contributed by atoms with Crippen LogP contribution in [0.2, 0.25) is 5.02 Å². The SMILES string of the molecule is CS(=O)(=O)N1CCC(NC(=O)Cc2csc(-c3ccccc3Cl)n2)CC1. The molecule has 1 amide bonds. The number of carbonyl (C=O) groups excluding carboxylic acids is 1. The molecule has 2 heterocycles. The third kappa shape index (κ3) is 4.82. The summed E-state index contributed by atoms with van der Waals surface area (Å²) < 4.78 is 24.5. The van der Waals surface area contributed by atoms with Crippen molar-refractivity contribution in [3.8, 4) is 10.6 Å². The van der Waals surface area contributed by atoms with Gasteiger partial charge in [0.15, 0.2) is 0 Å². The predicted octanol–water partition coefficient (Wildman–Crippen LogP) is 2.55. The minimum absolute atomic E-state index is 0.00201. The maximum absolute atomic E-state index is 12.3. The summed E-state index contributed by atoms with van der Waals surface area (Å²) in [6.45, 7) is 0.883. The van der Waals surface area contributed by atoms with Crippen LogP contribution in [0.15, 0.2) is 29.6 Å². The molecular weight excluding hydrogens is 394 g/mol. The van der Waals surface area contributed by atoms with Crippen LogP contribution in [-0.4, -0.2) is 49.0 Å². The highest BCUT2D eigenvalue weighted by atomic mass is 35.5. The fraction of sp³-hybridized carbons (Fsp3) is 0.412. The van der Waals surface area contributed by atoms with E-state index in [9.17, 15) is 13.2 Å². The van der Waals surface area contributed by atoms with Gasteiger partial charge in [-0.2, -0.15) is 0 Å². The average molecular weight is 414 g/mol. The lowest BCUT2D eigenvalue weighted by Crippen LogP contribution is -2.46. The van der Waals surface area contributed by atoms with Gasteiger partial charge in [-0.15, -0.1) is 11.3 Å². The molecule has 0 spiro atoms. The normalized spacial score (nSPS) is 16.5. The van der Waals surface area contributed by atoms with Gasteiger partial charge in [0.25, 0.3) is 0 Å². The minimum Gasteiger partial charge on any atom is -0.353 e. The van der Waals surface area contributed by atoms with Crippen molar-refractivity contribution in [2.45, 2.75) is 25.3 Å². The van der Waals surface area contributed by atoms with Crippen molar-refractivity contribution >= 4 is 38.9 Å². The highest BCUT2D eigenvalue weighted by Crippen LogP contribution is 2.30. The Morgan fingerprint density at radius 2 is 2.04 bits per heavy atom. The zero-order chi connectivity index (χ0) is 18.7. The van der Waals surface area contributed by atoms with E-state index >= 15 is 0 Å². The number of carbonyl (C=O) groups is 1. The lowest BCUT2D eigenvalue weighted by atomic mass is 10.1. The molecule has 0 atom stereocenters. The maximum atomic E-state index is 12.3. The lowest BCUT2D eigenvalue weighted by Gasteiger charge is -2.30. The number of piperidine rings is 1. The zero-order valence-corrected chi connectivity index (χ0v) is 16.7. The summed E-state index contributed by atoms with van der Waals surface area (Å²) in [6.07, 6.45) is 2.67. The van der Waals surface area contributed by atoms with Gasteiger partial charge in [-0.1, -0.05) is 29.8 Å². The zero-order valence-electron chi connectivity index (χ0n) is 14.3. The Morgan fingerprint density at radius 3 is 2.69 bits per heavy atom. The summed E-state index contributed by atoms with van der Waals surface area (Å²) in [7, 11) is -3.15. The molecule has 1 aromatic heterocycles. The summed E-state index contributed by atoms with van der Waals surface area (Å²) in [5, 5.41) is 6.27. The third-order valence-corrected chi connectivity index (χ3v) is 6.84. The molecule has 140 valence electrons. The van der Waals surface area contributed by atoms with Crippen molar-refractivity contribution in [1.82, 2.24) is 14.6 Å². The highest BCUT2D eigenvalue weighted by Gasteiger charge is 2.25. The Balaban J connectivity index is 1.54. The number of hydrogen-bond donors (Lipinski definition) is 1. The Labute approximate surface area is 162 Å². The van der Waals surface area contributed by atoms with Crippen LogP contribution in [0.1, 0.15) is 18.5 Å². The molecule has 9 heteroatoms. The molecule has 2 aromatic rings. The Morgan fingerprint density at radius 1 is 1.35 bits per heavy atom. The second-order valence-electron chi connectivity index (χ2n) is 6.30. The maximum Gasteiger partial charge on any atom is 0.226 e. The van der Waals surface area contributed by atoms with E-state index in [1.807, 2.05) is 29.6 Å². The number of nitrogens with one attached hydrogen (secondary N) is 1. The molecule has 0 bridgehead atoms. The van der Waals surface area contributed by atoms with Gasteiger partial charge in [0.2, 0.25) is 15.9 Å². The molecule has 1 aromatic carbocycles. The second kappa shape index (κ2) is 8.04. The quantitative estimate of drug-likeness (QED) is 0.816. The van der Waals surface area contributed by atoms with Crippen molar-refractivity contribution in [2.75, 3.05) is 19.3 Å². The number of benzene rings is 1. The van der Waals surface area contributed by atoms with Crippen LogP contribution in [0.25, 0.3) is 10.6 Å². The number of nitrogens with zero attached hydrogens (tertiary/aromatic N) is 2. The smallest absolute Gasteiger partial charge is 0.226 e. The number of rotatable bonds is 5. The summed E-state index contributed by atoms with van der Waals surface area (Å²) in [5.74, 6) is -0.0983. The largest absolute Gasteiger partial charge is 0.353 e. The Bertz CT molecular complexity index is 890. The topological polar surface area (TPSA) is 79.4 Å². The Kier molecular flexibility index (Phi) is 5.96. The first kappa shape index (κ1) is 19.3. The van der Waals surface area contributed by atoms with E-state index in [2.05, 4.69) is 10.3 Å². The molecule has 1 fully saturated rings. The molecule has 1 saturated heterocycles. The first-order chi connectivity index (χ1) is 12.3. The molecule has 3 rings (SSSR count).